The van der Waals surface area contributed by atoms with Gasteiger partial charge in [-0.2, -0.15) is 4.39 Å². The van der Waals surface area contributed by atoms with Gasteiger partial charge in [0, 0.05) is 23.9 Å². The van der Waals surface area contributed by atoms with Crippen LogP contribution in [0.25, 0.3) is 0 Å². The molecule has 4 nitrogen and oxygen atoms in total. The summed E-state index contributed by atoms with van der Waals surface area (Å²) in [6.45, 7) is 2.08. The van der Waals surface area contributed by atoms with Crippen LogP contribution in [0, 0.1) is 21.8 Å². The largest absolute Gasteiger partial charge is 0.382 e. The number of anilines is 1. The molecule has 0 spiro atoms. The normalized spacial score (nSPS) is 17.7. The Bertz CT molecular complexity index is 445. The smallest absolute Gasteiger partial charge is 0.304 e. The fourth-order valence-corrected chi connectivity index (χ4v) is 2.58. The van der Waals surface area contributed by atoms with Gasteiger partial charge in [-0.1, -0.05) is 12.8 Å². The van der Waals surface area contributed by atoms with Gasteiger partial charge in [0.05, 0.1) is 4.92 Å². The maximum atomic E-state index is 13.4. The number of hydrogen-bond donors (Lipinski definition) is 1. The predicted octanol–water partition coefficient (Wildman–Crippen LogP) is 3.72. The zero-order valence-electron chi connectivity index (χ0n) is 10.4. The average Bonchev–Trinajstić information content (AvgIpc) is 2.81. The highest BCUT2D eigenvalue weighted by atomic mass is 19.1. The molecule has 1 aromatic rings. The average molecular weight is 252 g/mol. The number of nitro groups is 1. The second-order valence-corrected chi connectivity index (χ2v) is 4.90. The quantitative estimate of drug-likeness (QED) is 0.656. The molecule has 1 aliphatic rings. The Kier molecular flexibility index (Phi) is 3.79. The third-order valence-corrected chi connectivity index (χ3v) is 3.65. The Morgan fingerprint density at radius 2 is 2.11 bits per heavy atom. The van der Waals surface area contributed by atoms with Gasteiger partial charge in [-0.3, -0.25) is 10.1 Å². The zero-order chi connectivity index (χ0) is 13.1. The number of nitrogens with one attached hydrogen (secondary N) is 1. The summed E-state index contributed by atoms with van der Waals surface area (Å²) in [5.41, 5.74) is 0.131. The van der Waals surface area contributed by atoms with Crippen LogP contribution in [0.5, 0.6) is 0 Å². The standard InChI is InChI=1S/C13H17FN2O2/c1-9(10-4-2-3-5-10)15-11-6-7-13(16(17)18)12(14)8-11/h6-10,15H,2-5H2,1H3. The van der Waals surface area contributed by atoms with Gasteiger partial charge in [-0.25, -0.2) is 0 Å². The van der Waals surface area contributed by atoms with Gasteiger partial charge in [-0.15, -0.1) is 0 Å². The molecule has 0 aromatic heterocycles. The van der Waals surface area contributed by atoms with Crippen molar-refractivity contribution >= 4 is 11.4 Å². The Hall–Kier alpha value is -1.65. The zero-order valence-corrected chi connectivity index (χ0v) is 10.4. The third kappa shape index (κ3) is 2.78. The van der Waals surface area contributed by atoms with E-state index in [-0.39, 0.29) is 6.04 Å². The van der Waals surface area contributed by atoms with Crippen LogP contribution in [0.15, 0.2) is 18.2 Å². The molecule has 1 saturated carbocycles. The minimum atomic E-state index is -0.788. The van der Waals surface area contributed by atoms with Crippen LogP contribution in [0.1, 0.15) is 32.6 Å². The van der Waals surface area contributed by atoms with Crippen molar-refractivity contribution in [2.75, 3.05) is 5.32 Å². The molecule has 1 unspecified atom stereocenters. The first kappa shape index (κ1) is 12.8. The number of nitrogens with zero attached hydrogens (tertiary/aromatic N) is 1. The molecule has 1 aliphatic carbocycles. The summed E-state index contributed by atoms with van der Waals surface area (Å²) >= 11 is 0. The highest BCUT2D eigenvalue weighted by Crippen LogP contribution is 2.30. The molecule has 0 amide bonds. The van der Waals surface area contributed by atoms with E-state index < -0.39 is 16.4 Å². The van der Waals surface area contributed by atoms with E-state index in [0.717, 1.165) is 0 Å². The van der Waals surface area contributed by atoms with Crippen molar-refractivity contribution in [3.8, 4) is 0 Å². The number of rotatable bonds is 4. The molecular formula is C13H17FN2O2. The summed E-state index contributed by atoms with van der Waals surface area (Å²) in [5.74, 6) is -0.174. The van der Waals surface area contributed by atoms with Crippen LogP contribution in [-0.2, 0) is 0 Å². The molecule has 1 atom stereocenters. The van der Waals surface area contributed by atoms with Gasteiger partial charge in [0.1, 0.15) is 0 Å². The van der Waals surface area contributed by atoms with Gasteiger partial charge in [-0.05, 0) is 31.7 Å². The molecule has 18 heavy (non-hydrogen) atoms. The first-order valence-corrected chi connectivity index (χ1v) is 6.28. The van der Waals surface area contributed by atoms with E-state index in [9.17, 15) is 14.5 Å². The highest BCUT2D eigenvalue weighted by molar-refractivity contribution is 5.50. The molecule has 5 heteroatoms. The van der Waals surface area contributed by atoms with E-state index in [4.69, 9.17) is 0 Å². The predicted molar refractivity (Wildman–Crippen MR) is 68.1 cm³/mol. The number of hydrogen-bond acceptors (Lipinski definition) is 3. The minimum absolute atomic E-state index is 0.272. The van der Waals surface area contributed by atoms with Crippen LogP contribution < -0.4 is 5.32 Å². The van der Waals surface area contributed by atoms with Crippen molar-refractivity contribution in [2.24, 2.45) is 5.92 Å². The van der Waals surface area contributed by atoms with Gasteiger partial charge in [0.2, 0.25) is 5.82 Å². The summed E-state index contributed by atoms with van der Waals surface area (Å²) < 4.78 is 13.4. The van der Waals surface area contributed by atoms with Crippen molar-refractivity contribution in [1.29, 1.82) is 0 Å². The lowest BCUT2D eigenvalue weighted by Crippen LogP contribution is -2.23. The van der Waals surface area contributed by atoms with Gasteiger partial charge >= 0.3 is 5.69 Å². The van der Waals surface area contributed by atoms with Crippen molar-refractivity contribution in [3.05, 3.63) is 34.1 Å². The maximum absolute atomic E-state index is 13.4. The fourth-order valence-electron chi connectivity index (χ4n) is 2.58. The first-order chi connectivity index (χ1) is 8.58. The summed E-state index contributed by atoms with van der Waals surface area (Å²) in [6, 6.07) is 4.24. The van der Waals surface area contributed by atoms with Crippen LogP contribution in [0.3, 0.4) is 0 Å². The van der Waals surface area contributed by atoms with Gasteiger partial charge in [0.25, 0.3) is 0 Å². The Morgan fingerprint density at radius 3 is 2.67 bits per heavy atom. The molecule has 1 fully saturated rings. The van der Waals surface area contributed by atoms with Gasteiger partial charge < -0.3 is 5.32 Å². The summed E-state index contributed by atoms with van der Waals surface area (Å²) in [5, 5.41) is 13.7. The third-order valence-electron chi connectivity index (χ3n) is 3.65. The number of nitro benzene ring substituents is 1. The van der Waals surface area contributed by atoms with Crippen molar-refractivity contribution in [1.82, 2.24) is 0 Å². The molecular weight excluding hydrogens is 235 g/mol. The Morgan fingerprint density at radius 1 is 1.44 bits per heavy atom. The monoisotopic (exact) mass is 252 g/mol. The van der Waals surface area contributed by atoms with Gasteiger partial charge in [0.15, 0.2) is 0 Å². The van der Waals surface area contributed by atoms with Crippen LogP contribution in [0.2, 0.25) is 0 Å². The summed E-state index contributed by atoms with van der Waals surface area (Å²) in [4.78, 5) is 9.80. The van der Waals surface area contributed by atoms with E-state index in [1.165, 1.54) is 37.8 Å². The Balaban J connectivity index is 2.05. The first-order valence-electron chi connectivity index (χ1n) is 6.28. The summed E-state index contributed by atoms with van der Waals surface area (Å²) in [6.07, 6.45) is 4.91. The molecule has 1 N–H and O–H groups in total. The van der Waals surface area contributed by atoms with E-state index in [0.29, 0.717) is 11.6 Å². The van der Waals surface area contributed by atoms with Crippen molar-refractivity contribution < 1.29 is 9.31 Å². The van der Waals surface area contributed by atoms with Crippen molar-refractivity contribution in [3.63, 3.8) is 0 Å². The molecule has 98 valence electrons. The van der Waals surface area contributed by atoms with E-state index in [1.807, 2.05) is 0 Å². The number of benzene rings is 1. The second-order valence-electron chi connectivity index (χ2n) is 4.90. The minimum Gasteiger partial charge on any atom is -0.382 e. The SMILES string of the molecule is CC(Nc1ccc([N+](=O)[O-])c(F)c1)C1CCCC1. The number of halogens is 1. The Labute approximate surface area is 105 Å². The van der Waals surface area contributed by atoms with E-state index in [1.54, 1.807) is 6.07 Å². The molecule has 0 saturated heterocycles. The summed E-state index contributed by atoms with van der Waals surface area (Å²) in [7, 11) is 0. The van der Waals surface area contributed by atoms with E-state index in [2.05, 4.69) is 12.2 Å². The molecule has 0 aliphatic heterocycles. The topological polar surface area (TPSA) is 55.2 Å². The van der Waals surface area contributed by atoms with Crippen LogP contribution >= 0.6 is 0 Å². The lowest BCUT2D eigenvalue weighted by molar-refractivity contribution is -0.387. The maximum Gasteiger partial charge on any atom is 0.304 e. The molecule has 1 aromatic carbocycles. The lowest BCUT2D eigenvalue weighted by Gasteiger charge is -2.21. The van der Waals surface area contributed by atoms with Crippen molar-refractivity contribution in [2.45, 2.75) is 38.6 Å². The molecule has 0 bridgehead atoms. The van der Waals surface area contributed by atoms with Crippen LogP contribution in [0.4, 0.5) is 15.8 Å². The second kappa shape index (κ2) is 5.33. The fraction of sp³-hybridized carbons (Fsp3) is 0.538. The molecule has 0 heterocycles. The van der Waals surface area contributed by atoms with Crippen LogP contribution in [-0.4, -0.2) is 11.0 Å². The van der Waals surface area contributed by atoms with E-state index >= 15 is 0 Å². The lowest BCUT2D eigenvalue weighted by atomic mass is 9.99. The molecule has 2 rings (SSSR count). The molecule has 0 radical (unpaired) electrons. The highest BCUT2D eigenvalue weighted by Gasteiger charge is 2.22.